The highest BCUT2D eigenvalue weighted by Crippen LogP contribution is 2.26. The number of aldehydes is 1. The van der Waals surface area contributed by atoms with Gasteiger partial charge in [-0.3, -0.25) is 4.79 Å². The fourth-order valence-corrected chi connectivity index (χ4v) is 1.93. The molecule has 0 aliphatic carbocycles. The highest BCUT2D eigenvalue weighted by molar-refractivity contribution is 7.14. The number of halogens is 3. The lowest BCUT2D eigenvalue weighted by molar-refractivity contribution is -0.0881. The molecule has 96 valence electrons. The van der Waals surface area contributed by atoms with Crippen molar-refractivity contribution in [3.63, 3.8) is 0 Å². The molecule has 0 radical (unpaired) electrons. The second-order valence-electron chi connectivity index (χ2n) is 3.34. The Morgan fingerprint density at radius 3 is 2.44 bits per heavy atom. The lowest BCUT2D eigenvalue weighted by atomic mass is 10.2. The van der Waals surface area contributed by atoms with E-state index in [1.807, 2.05) is 0 Å². The number of alkyl halides is 3. The predicted molar refractivity (Wildman–Crippen MR) is 67.7 cm³/mol. The molecule has 1 aromatic rings. The number of rotatable bonds is 4. The summed E-state index contributed by atoms with van der Waals surface area (Å²) in [6.45, 7) is 1.53. The standard InChI is InChI=1S/C13H11F3OS/c1-2-4-10(13(14,15)16)5-3-6-11-7-8-12(9-17)18-11/h2-9H,1H3/b4-2-,6-3+,10-5+. The van der Waals surface area contributed by atoms with Crippen LogP contribution >= 0.6 is 11.3 Å². The summed E-state index contributed by atoms with van der Waals surface area (Å²) in [5.41, 5.74) is -0.714. The van der Waals surface area contributed by atoms with Crippen LogP contribution in [0.25, 0.3) is 6.08 Å². The van der Waals surface area contributed by atoms with E-state index in [9.17, 15) is 18.0 Å². The minimum atomic E-state index is -4.36. The smallest absolute Gasteiger partial charge is 0.297 e. The molecule has 0 amide bonds. The third kappa shape index (κ3) is 4.33. The SMILES string of the molecule is C\C=C/C(=C\C=C\c1ccc(C=O)s1)C(F)(F)F. The maximum absolute atomic E-state index is 12.5. The third-order valence-corrected chi connectivity index (χ3v) is 2.95. The third-order valence-electron chi connectivity index (χ3n) is 1.97. The number of hydrogen-bond donors (Lipinski definition) is 0. The van der Waals surface area contributed by atoms with Gasteiger partial charge in [0.05, 0.1) is 10.5 Å². The van der Waals surface area contributed by atoms with Gasteiger partial charge in [-0.15, -0.1) is 11.3 Å². The van der Waals surface area contributed by atoms with Gasteiger partial charge in [0.15, 0.2) is 6.29 Å². The molecule has 1 nitrogen and oxygen atoms in total. The number of thiophene rings is 1. The number of allylic oxidation sites excluding steroid dienone is 5. The molecular weight excluding hydrogens is 261 g/mol. The monoisotopic (exact) mass is 272 g/mol. The van der Waals surface area contributed by atoms with E-state index in [1.54, 1.807) is 12.1 Å². The fourth-order valence-electron chi connectivity index (χ4n) is 1.19. The summed E-state index contributed by atoms with van der Waals surface area (Å²) >= 11 is 1.22. The van der Waals surface area contributed by atoms with Gasteiger partial charge in [0, 0.05) is 4.88 Å². The highest BCUT2D eigenvalue weighted by Gasteiger charge is 2.30. The molecule has 5 heteroatoms. The predicted octanol–water partition coefficient (Wildman–Crippen LogP) is 4.64. The Balaban J connectivity index is 2.85. The summed E-state index contributed by atoms with van der Waals surface area (Å²) in [5, 5.41) is 0. The number of carbonyl (C=O) groups is 1. The normalized spacial score (nSPS) is 13.7. The summed E-state index contributed by atoms with van der Waals surface area (Å²) in [6, 6.07) is 3.30. The number of hydrogen-bond acceptors (Lipinski definition) is 2. The summed E-state index contributed by atoms with van der Waals surface area (Å²) in [7, 11) is 0. The van der Waals surface area contributed by atoms with Crippen LogP contribution in [0.15, 0.2) is 42.0 Å². The van der Waals surface area contributed by atoms with Gasteiger partial charge in [-0.25, -0.2) is 0 Å². The molecule has 0 bridgehead atoms. The first kappa shape index (κ1) is 14.4. The van der Waals surface area contributed by atoms with Crippen LogP contribution in [0.5, 0.6) is 0 Å². The summed E-state index contributed by atoms with van der Waals surface area (Å²) < 4.78 is 37.5. The first-order valence-electron chi connectivity index (χ1n) is 5.10. The molecule has 0 atom stereocenters. The van der Waals surface area contributed by atoms with E-state index in [1.165, 1.54) is 36.5 Å². The van der Waals surface area contributed by atoms with E-state index in [-0.39, 0.29) is 0 Å². The van der Waals surface area contributed by atoms with E-state index >= 15 is 0 Å². The molecule has 0 unspecified atom stereocenters. The molecule has 1 aromatic heterocycles. The van der Waals surface area contributed by atoms with Crippen molar-refractivity contribution in [2.75, 3.05) is 0 Å². The van der Waals surface area contributed by atoms with Crippen molar-refractivity contribution in [2.45, 2.75) is 13.1 Å². The largest absolute Gasteiger partial charge is 0.416 e. The zero-order chi connectivity index (χ0) is 13.6. The van der Waals surface area contributed by atoms with Gasteiger partial charge in [-0.1, -0.05) is 18.2 Å². The fraction of sp³-hybridized carbons (Fsp3) is 0.154. The summed E-state index contributed by atoms with van der Waals surface area (Å²) in [6.07, 6.45) is 2.55. The lowest BCUT2D eigenvalue weighted by Gasteiger charge is -2.05. The summed E-state index contributed by atoms with van der Waals surface area (Å²) in [4.78, 5) is 11.7. The Morgan fingerprint density at radius 2 is 1.94 bits per heavy atom. The quantitative estimate of drug-likeness (QED) is 0.576. The minimum absolute atomic E-state index is 0.545. The highest BCUT2D eigenvalue weighted by atomic mass is 32.1. The van der Waals surface area contributed by atoms with Crippen LogP contribution in [0, 0.1) is 0 Å². The Kier molecular flexibility index (Phi) is 5.09. The van der Waals surface area contributed by atoms with Crippen molar-refractivity contribution in [1.82, 2.24) is 0 Å². The Hall–Kier alpha value is -1.62. The van der Waals surface area contributed by atoms with Crippen LogP contribution in [0.1, 0.15) is 21.5 Å². The van der Waals surface area contributed by atoms with Gasteiger partial charge >= 0.3 is 6.18 Å². The van der Waals surface area contributed by atoms with Crippen LogP contribution in [0.4, 0.5) is 13.2 Å². The minimum Gasteiger partial charge on any atom is -0.297 e. The summed E-state index contributed by atoms with van der Waals surface area (Å²) in [5.74, 6) is 0. The Labute approximate surface area is 107 Å². The zero-order valence-corrected chi connectivity index (χ0v) is 10.4. The molecule has 0 fully saturated rings. The average Bonchev–Trinajstić information content (AvgIpc) is 2.74. The van der Waals surface area contributed by atoms with Crippen molar-refractivity contribution in [3.05, 3.63) is 51.8 Å². The van der Waals surface area contributed by atoms with E-state index in [4.69, 9.17) is 0 Å². The second-order valence-corrected chi connectivity index (χ2v) is 4.48. The van der Waals surface area contributed by atoms with Gasteiger partial charge < -0.3 is 0 Å². The van der Waals surface area contributed by atoms with E-state index in [0.29, 0.717) is 11.2 Å². The van der Waals surface area contributed by atoms with Crippen LogP contribution in [0.3, 0.4) is 0 Å². The topological polar surface area (TPSA) is 17.1 Å². The number of carbonyl (C=O) groups excluding carboxylic acids is 1. The van der Waals surface area contributed by atoms with Crippen LogP contribution in [-0.4, -0.2) is 12.5 Å². The Morgan fingerprint density at radius 1 is 1.28 bits per heavy atom. The van der Waals surface area contributed by atoms with Crippen molar-refractivity contribution in [3.8, 4) is 0 Å². The molecule has 1 rings (SSSR count). The van der Waals surface area contributed by atoms with Gasteiger partial charge in [-0.05, 0) is 31.2 Å². The van der Waals surface area contributed by atoms with E-state index < -0.39 is 11.7 Å². The molecule has 0 aliphatic rings. The first-order chi connectivity index (χ1) is 8.47. The lowest BCUT2D eigenvalue weighted by Crippen LogP contribution is -2.09. The molecule has 0 N–H and O–H groups in total. The van der Waals surface area contributed by atoms with Crippen molar-refractivity contribution in [1.29, 1.82) is 0 Å². The Bertz CT molecular complexity index is 493. The van der Waals surface area contributed by atoms with Gasteiger partial charge in [-0.2, -0.15) is 13.2 Å². The maximum atomic E-state index is 12.5. The van der Waals surface area contributed by atoms with Crippen molar-refractivity contribution >= 4 is 23.7 Å². The van der Waals surface area contributed by atoms with Crippen LogP contribution < -0.4 is 0 Å². The van der Waals surface area contributed by atoms with E-state index in [0.717, 1.165) is 17.0 Å². The molecular formula is C13H11F3OS. The average molecular weight is 272 g/mol. The molecule has 18 heavy (non-hydrogen) atoms. The maximum Gasteiger partial charge on any atom is 0.416 e. The first-order valence-corrected chi connectivity index (χ1v) is 5.92. The van der Waals surface area contributed by atoms with Gasteiger partial charge in [0.25, 0.3) is 0 Å². The van der Waals surface area contributed by atoms with Gasteiger partial charge in [0.2, 0.25) is 0 Å². The van der Waals surface area contributed by atoms with Crippen molar-refractivity contribution in [2.24, 2.45) is 0 Å². The molecule has 0 spiro atoms. The zero-order valence-electron chi connectivity index (χ0n) is 9.57. The molecule has 0 saturated heterocycles. The molecule has 0 aliphatic heterocycles. The second kappa shape index (κ2) is 6.35. The van der Waals surface area contributed by atoms with Gasteiger partial charge in [0.1, 0.15) is 0 Å². The van der Waals surface area contributed by atoms with Crippen molar-refractivity contribution < 1.29 is 18.0 Å². The molecule has 0 aromatic carbocycles. The van der Waals surface area contributed by atoms with Crippen LogP contribution in [-0.2, 0) is 0 Å². The van der Waals surface area contributed by atoms with Crippen LogP contribution in [0.2, 0.25) is 0 Å². The molecule has 1 heterocycles. The van der Waals surface area contributed by atoms with E-state index in [2.05, 4.69) is 0 Å². The molecule has 0 saturated carbocycles.